The zero-order chi connectivity index (χ0) is 14.0. The highest BCUT2D eigenvalue weighted by atomic mass is 19.4. The van der Waals surface area contributed by atoms with Gasteiger partial charge in [0.1, 0.15) is 0 Å². The highest BCUT2D eigenvalue weighted by Gasteiger charge is 2.47. The first kappa shape index (κ1) is 15.0. The van der Waals surface area contributed by atoms with Gasteiger partial charge in [-0.1, -0.05) is 33.1 Å². The molecular formula is C12H18F3NO2. The number of alkyl halides is 3. The van der Waals surface area contributed by atoms with Crippen molar-refractivity contribution in [3.8, 4) is 0 Å². The number of amides is 1. The Hall–Kier alpha value is -1.07. The van der Waals surface area contributed by atoms with Crippen molar-refractivity contribution in [1.29, 1.82) is 0 Å². The lowest BCUT2D eigenvalue weighted by atomic mass is 9.75. The average molecular weight is 265 g/mol. The minimum atomic E-state index is -4.94. The molecule has 104 valence electrons. The van der Waals surface area contributed by atoms with Crippen LogP contribution in [-0.4, -0.2) is 23.4 Å². The fourth-order valence-corrected chi connectivity index (χ4v) is 2.43. The van der Waals surface area contributed by atoms with E-state index in [2.05, 4.69) is 0 Å². The molecule has 0 aromatic carbocycles. The molecule has 6 heteroatoms. The van der Waals surface area contributed by atoms with Gasteiger partial charge < -0.3 is 5.32 Å². The number of carbonyl (C=O) groups excluding carboxylic acids is 2. The molecule has 1 N–H and O–H groups in total. The summed E-state index contributed by atoms with van der Waals surface area (Å²) >= 11 is 0. The Morgan fingerprint density at radius 1 is 1.11 bits per heavy atom. The maximum Gasteiger partial charge on any atom is 0.471 e. The van der Waals surface area contributed by atoms with Gasteiger partial charge in [-0.05, 0) is 12.8 Å². The molecule has 0 unspecified atom stereocenters. The normalized spacial score (nSPS) is 19.7. The van der Waals surface area contributed by atoms with Crippen LogP contribution in [0.25, 0.3) is 0 Å². The highest BCUT2D eigenvalue weighted by molar-refractivity contribution is 5.95. The van der Waals surface area contributed by atoms with Gasteiger partial charge in [0.05, 0.1) is 5.54 Å². The maximum atomic E-state index is 12.3. The van der Waals surface area contributed by atoms with Gasteiger partial charge in [0, 0.05) is 5.92 Å². The molecule has 1 saturated carbocycles. The molecule has 0 aromatic heterocycles. The number of halogens is 3. The number of hydrogen-bond donors (Lipinski definition) is 1. The number of carbonyl (C=O) groups is 2. The van der Waals surface area contributed by atoms with E-state index in [0.717, 1.165) is 6.42 Å². The summed E-state index contributed by atoms with van der Waals surface area (Å²) < 4.78 is 36.9. The standard InChI is InChI=1S/C12H18F3NO2/c1-8(2)9(17)11(6-4-3-5-7-11)16-10(18)12(13,14)15/h8H,3-7H2,1-2H3,(H,16,18). The van der Waals surface area contributed by atoms with Gasteiger partial charge >= 0.3 is 12.1 Å². The monoisotopic (exact) mass is 265 g/mol. The van der Waals surface area contributed by atoms with Crippen LogP contribution in [0.4, 0.5) is 13.2 Å². The van der Waals surface area contributed by atoms with E-state index in [1.165, 1.54) is 0 Å². The Balaban J connectivity index is 2.92. The third-order valence-corrected chi connectivity index (χ3v) is 3.31. The third-order valence-electron chi connectivity index (χ3n) is 3.31. The SMILES string of the molecule is CC(C)C(=O)C1(NC(=O)C(F)(F)F)CCCCC1. The quantitative estimate of drug-likeness (QED) is 0.852. The summed E-state index contributed by atoms with van der Waals surface area (Å²) in [6, 6.07) is 0. The zero-order valence-electron chi connectivity index (χ0n) is 10.6. The molecule has 1 fully saturated rings. The van der Waals surface area contributed by atoms with Crippen molar-refractivity contribution in [2.24, 2.45) is 5.92 Å². The topological polar surface area (TPSA) is 46.2 Å². The van der Waals surface area contributed by atoms with Crippen LogP contribution < -0.4 is 5.32 Å². The van der Waals surface area contributed by atoms with Crippen LogP contribution >= 0.6 is 0 Å². The minimum absolute atomic E-state index is 0.297. The van der Waals surface area contributed by atoms with Crippen molar-refractivity contribution in [3.05, 3.63) is 0 Å². The van der Waals surface area contributed by atoms with Gasteiger partial charge in [-0.2, -0.15) is 13.2 Å². The first-order chi connectivity index (χ1) is 8.19. The molecule has 1 rings (SSSR count). The highest BCUT2D eigenvalue weighted by Crippen LogP contribution is 2.32. The Labute approximate surface area is 104 Å². The summed E-state index contributed by atoms with van der Waals surface area (Å²) in [7, 11) is 0. The molecule has 1 aliphatic rings. The van der Waals surface area contributed by atoms with Crippen LogP contribution in [0.5, 0.6) is 0 Å². The van der Waals surface area contributed by atoms with E-state index in [0.29, 0.717) is 25.7 Å². The third kappa shape index (κ3) is 3.23. The van der Waals surface area contributed by atoms with Crippen molar-refractivity contribution in [2.45, 2.75) is 57.7 Å². The van der Waals surface area contributed by atoms with Crippen LogP contribution in [0.3, 0.4) is 0 Å². The van der Waals surface area contributed by atoms with Crippen molar-refractivity contribution in [2.75, 3.05) is 0 Å². The van der Waals surface area contributed by atoms with E-state index >= 15 is 0 Å². The summed E-state index contributed by atoms with van der Waals surface area (Å²) in [5, 5.41) is 1.94. The summed E-state index contributed by atoms with van der Waals surface area (Å²) in [5.41, 5.74) is -1.32. The largest absolute Gasteiger partial charge is 0.471 e. The number of Topliss-reactive ketones (excluding diaryl/α,β-unsaturated/α-hetero) is 1. The molecule has 0 aliphatic heterocycles. The second kappa shape index (κ2) is 5.28. The van der Waals surface area contributed by atoms with E-state index in [9.17, 15) is 22.8 Å². The van der Waals surface area contributed by atoms with Gasteiger partial charge in [-0.3, -0.25) is 9.59 Å². The molecule has 0 spiro atoms. The van der Waals surface area contributed by atoms with Crippen molar-refractivity contribution < 1.29 is 22.8 Å². The van der Waals surface area contributed by atoms with Crippen molar-refractivity contribution in [1.82, 2.24) is 5.32 Å². The van der Waals surface area contributed by atoms with Gasteiger partial charge in [-0.25, -0.2) is 0 Å². The summed E-state index contributed by atoms with van der Waals surface area (Å²) in [5.74, 6) is -2.71. The molecule has 1 aliphatic carbocycles. The fraction of sp³-hybridized carbons (Fsp3) is 0.833. The molecular weight excluding hydrogens is 247 g/mol. The van der Waals surface area contributed by atoms with E-state index in [1.54, 1.807) is 13.8 Å². The molecule has 0 aromatic rings. The summed E-state index contributed by atoms with van der Waals surface area (Å²) in [6.07, 6.45) is -2.14. The molecule has 0 atom stereocenters. The van der Waals surface area contributed by atoms with Crippen LogP contribution in [0.1, 0.15) is 46.0 Å². The Kier molecular flexibility index (Phi) is 4.40. The number of ketones is 1. The predicted molar refractivity (Wildman–Crippen MR) is 59.9 cm³/mol. The molecule has 0 saturated heterocycles. The van der Waals surface area contributed by atoms with E-state index in [1.807, 2.05) is 5.32 Å². The number of nitrogens with one attached hydrogen (secondary N) is 1. The van der Waals surface area contributed by atoms with Gasteiger partial charge in [0.2, 0.25) is 0 Å². The lowest BCUT2D eigenvalue weighted by Gasteiger charge is -2.38. The van der Waals surface area contributed by atoms with E-state index in [4.69, 9.17) is 0 Å². The van der Waals surface area contributed by atoms with Crippen LogP contribution in [0.2, 0.25) is 0 Å². The first-order valence-corrected chi connectivity index (χ1v) is 6.13. The van der Waals surface area contributed by atoms with Crippen molar-refractivity contribution >= 4 is 11.7 Å². The number of rotatable bonds is 3. The molecule has 0 bridgehead atoms. The Morgan fingerprint density at radius 2 is 1.61 bits per heavy atom. The molecule has 0 heterocycles. The zero-order valence-corrected chi connectivity index (χ0v) is 10.6. The van der Waals surface area contributed by atoms with Gasteiger partial charge in [0.15, 0.2) is 5.78 Å². The molecule has 0 radical (unpaired) electrons. The molecule has 1 amide bonds. The molecule has 18 heavy (non-hydrogen) atoms. The Morgan fingerprint density at radius 3 is 2.00 bits per heavy atom. The average Bonchev–Trinajstić information content (AvgIpc) is 2.27. The predicted octanol–water partition coefficient (Wildman–Crippen LogP) is 2.59. The van der Waals surface area contributed by atoms with Crippen LogP contribution in [-0.2, 0) is 9.59 Å². The van der Waals surface area contributed by atoms with Gasteiger partial charge in [0.25, 0.3) is 0 Å². The van der Waals surface area contributed by atoms with E-state index < -0.39 is 23.5 Å². The smallest absolute Gasteiger partial charge is 0.336 e. The minimum Gasteiger partial charge on any atom is -0.336 e. The lowest BCUT2D eigenvalue weighted by molar-refractivity contribution is -0.177. The maximum absolute atomic E-state index is 12.3. The van der Waals surface area contributed by atoms with Crippen LogP contribution in [0.15, 0.2) is 0 Å². The lowest BCUT2D eigenvalue weighted by Crippen LogP contribution is -2.59. The Bertz CT molecular complexity index is 331. The summed E-state index contributed by atoms with van der Waals surface area (Å²) in [6.45, 7) is 3.27. The fourth-order valence-electron chi connectivity index (χ4n) is 2.43. The number of hydrogen-bond acceptors (Lipinski definition) is 2. The van der Waals surface area contributed by atoms with Crippen LogP contribution in [0, 0.1) is 5.92 Å². The van der Waals surface area contributed by atoms with Gasteiger partial charge in [-0.15, -0.1) is 0 Å². The second-order valence-corrected chi connectivity index (χ2v) is 5.11. The molecule has 3 nitrogen and oxygen atoms in total. The first-order valence-electron chi connectivity index (χ1n) is 6.13. The second-order valence-electron chi connectivity index (χ2n) is 5.11. The van der Waals surface area contributed by atoms with Crippen molar-refractivity contribution in [3.63, 3.8) is 0 Å². The summed E-state index contributed by atoms with van der Waals surface area (Å²) in [4.78, 5) is 23.2. The van der Waals surface area contributed by atoms with E-state index in [-0.39, 0.29) is 5.78 Å².